The quantitative estimate of drug-likeness (QED) is 0.535. The zero-order valence-corrected chi connectivity index (χ0v) is 8.08. The van der Waals surface area contributed by atoms with Gasteiger partial charge >= 0.3 is 0 Å². The molecule has 0 fully saturated rings. The molecular formula is C12H11NO. The van der Waals surface area contributed by atoms with Crippen LogP contribution in [0.5, 0.6) is 5.75 Å². The molecule has 0 N–H and O–H groups in total. The van der Waals surface area contributed by atoms with E-state index in [1.165, 1.54) is 0 Å². The summed E-state index contributed by atoms with van der Waals surface area (Å²) in [6.07, 6.45) is 0.716. The van der Waals surface area contributed by atoms with Gasteiger partial charge < -0.3 is 4.74 Å². The molecule has 0 radical (unpaired) electrons. The van der Waals surface area contributed by atoms with Gasteiger partial charge in [-0.1, -0.05) is 6.07 Å². The van der Waals surface area contributed by atoms with E-state index < -0.39 is 0 Å². The first-order chi connectivity index (χ1) is 6.86. The molecular weight excluding hydrogens is 174 g/mol. The largest absolute Gasteiger partial charge is 0.493 e. The maximum atomic E-state index is 8.64. The smallest absolute Gasteiger partial charge is 0.120 e. The lowest BCUT2D eigenvalue weighted by Gasteiger charge is -2.02. The van der Waals surface area contributed by atoms with E-state index in [4.69, 9.17) is 10.00 Å². The molecule has 0 aliphatic heterocycles. The maximum Gasteiger partial charge on any atom is 0.120 e. The van der Waals surface area contributed by atoms with Crippen LogP contribution in [0.25, 0.3) is 0 Å². The summed E-state index contributed by atoms with van der Waals surface area (Å²) < 4.78 is 5.40. The van der Waals surface area contributed by atoms with Crippen LogP contribution in [-0.2, 0) is 0 Å². The van der Waals surface area contributed by atoms with Crippen molar-refractivity contribution in [1.29, 1.82) is 5.26 Å². The topological polar surface area (TPSA) is 33.0 Å². The molecule has 2 heteroatoms. The lowest BCUT2D eigenvalue weighted by Crippen LogP contribution is -1.95. The zero-order chi connectivity index (χ0) is 10.2. The van der Waals surface area contributed by atoms with Gasteiger partial charge in [0.2, 0.25) is 0 Å². The van der Waals surface area contributed by atoms with Crippen LogP contribution in [0.2, 0.25) is 0 Å². The van der Waals surface area contributed by atoms with Gasteiger partial charge in [0, 0.05) is 6.42 Å². The number of nitriles is 1. The number of ether oxygens (including phenoxy) is 1. The molecule has 0 atom stereocenters. The van der Waals surface area contributed by atoms with Gasteiger partial charge in [0.25, 0.3) is 0 Å². The van der Waals surface area contributed by atoms with Crippen LogP contribution in [0, 0.1) is 23.2 Å². The van der Waals surface area contributed by atoms with Gasteiger partial charge in [-0.2, -0.15) is 5.26 Å². The van der Waals surface area contributed by atoms with E-state index in [1.807, 2.05) is 6.07 Å². The summed E-state index contributed by atoms with van der Waals surface area (Å²) in [7, 11) is 0. The lowest BCUT2D eigenvalue weighted by molar-refractivity contribution is 0.327. The molecule has 0 heterocycles. The van der Waals surface area contributed by atoms with E-state index in [1.54, 1.807) is 25.1 Å². The average molecular weight is 185 g/mol. The van der Waals surface area contributed by atoms with E-state index in [0.717, 1.165) is 5.75 Å². The predicted molar refractivity (Wildman–Crippen MR) is 54.7 cm³/mol. The summed E-state index contributed by atoms with van der Waals surface area (Å²) in [6.45, 7) is 2.37. The second-order valence-corrected chi connectivity index (χ2v) is 2.66. The van der Waals surface area contributed by atoms with Crippen LogP contribution in [0.4, 0.5) is 0 Å². The molecule has 0 aromatic heterocycles. The lowest BCUT2D eigenvalue weighted by atomic mass is 10.2. The first-order valence-electron chi connectivity index (χ1n) is 4.39. The molecule has 0 bridgehead atoms. The van der Waals surface area contributed by atoms with Gasteiger partial charge in [0.05, 0.1) is 18.2 Å². The maximum absolute atomic E-state index is 8.64. The highest BCUT2D eigenvalue weighted by molar-refractivity contribution is 5.36. The van der Waals surface area contributed by atoms with E-state index in [9.17, 15) is 0 Å². The minimum Gasteiger partial charge on any atom is -0.493 e. The minimum absolute atomic E-state index is 0.565. The van der Waals surface area contributed by atoms with E-state index in [0.29, 0.717) is 18.6 Å². The first kappa shape index (κ1) is 10.2. The molecule has 0 unspecified atom stereocenters. The molecule has 0 saturated heterocycles. The van der Waals surface area contributed by atoms with Crippen molar-refractivity contribution in [2.45, 2.75) is 13.3 Å². The predicted octanol–water partition coefficient (Wildman–Crippen LogP) is 2.35. The summed E-state index contributed by atoms with van der Waals surface area (Å²) in [5.74, 6) is 6.43. The Morgan fingerprint density at radius 1 is 1.43 bits per heavy atom. The van der Waals surface area contributed by atoms with Gasteiger partial charge in [0.15, 0.2) is 0 Å². The third kappa shape index (κ3) is 3.21. The Morgan fingerprint density at radius 2 is 2.29 bits per heavy atom. The summed E-state index contributed by atoms with van der Waals surface area (Å²) in [6, 6.07) is 9.17. The molecule has 0 spiro atoms. The third-order valence-electron chi connectivity index (χ3n) is 1.64. The van der Waals surface area contributed by atoms with Crippen LogP contribution < -0.4 is 4.74 Å². The standard InChI is InChI=1S/C12H11NO/c1-2-3-4-8-14-12-7-5-6-11(9-12)10-13/h5-7,9H,4,8H2,1H3. The average Bonchev–Trinajstić information content (AvgIpc) is 2.25. The molecule has 1 rings (SSSR count). The third-order valence-corrected chi connectivity index (χ3v) is 1.64. The highest BCUT2D eigenvalue weighted by Crippen LogP contribution is 2.12. The summed E-state index contributed by atoms with van der Waals surface area (Å²) >= 11 is 0. The van der Waals surface area contributed by atoms with Crippen molar-refractivity contribution in [2.75, 3.05) is 6.61 Å². The molecule has 70 valence electrons. The second-order valence-electron chi connectivity index (χ2n) is 2.66. The van der Waals surface area contributed by atoms with Crippen molar-refractivity contribution in [2.24, 2.45) is 0 Å². The molecule has 0 aliphatic rings. The van der Waals surface area contributed by atoms with E-state index in [2.05, 4.69) is 17.9 Å². The monoisotopic (exact) mass is 185 g/mol. The van der Waals surface area contributed by atoms with Crippen molar-refractivity contribution >= 4 is 0 Å². The summed E-state index contributed by atoms with van der Waals surface area (Å²) in [5.41, 5.74) is 0.615. The Kier molecular flexibility index (Phi) is 4.11. The molecule has 2 nitrogen and oxygen atoms in total. The fourth-order valence-electron chi connectivity index (χ4n) is 1.00. The van der Waals surface area contributed by atoms with Crippen LogP contribution >= 0.6 is 0 Å². The Balaban J connectivity index is 2.50. The van der Waals surface area contributed by atoms with Crippen molar-refractivity contribution in [1.82, 2.24) is 0 Å². The van der Waals surface area contributed by atoms with Gasteiger partial charge in [-0.25, -0.2) is 0 Å². The fourth-order valence-corrected chi connectivity index (χ4v) is 1.00. The number of benzene rings is 1. The summed E-state index contributed by atoms with van der Waals surface area (Å²) in [5, 5.41) is 8.64. The number of hydrogen-bond acceptors (Lipinski definition) is 2. The second kappa shape index (κ2) is 5.67. The Labute approximate surface area is 84.1 Å². The van der Waals surface area contributed by atoms with Crippen LogP contribution in [0.3, 0.4) is 0 Å². The minimum atomic E-state index is 0.565. The highest BCUT2D eigenvalue weighted by atomic mass is 16.5. The molecule has 1 aromatic carbocycles. The van der Waals surface area contributed by atoms with Gasteiger partial charge in [-0.3, -0.25) is 0 Å². The zero-order valence-electron chi connectivity index (χ0n) is 8.08. The van der Waals surface area contributed by atoms with Crippen LogP contribution in [-0.4, -0.2) is 6.61 Å². The number of hydrogen-bond donors (Lipinski definition) is 0. The molecule has 0 saturated carbocycles. The fraction of sp³-hybridized carbons (Fsp3) is 0.250. The van der Waals surface area contributed by atoms with Crippen molar-refractivity contribution in [3.05, 3.63) is 29.8 Å². The van der Waals surface area contributed by atoms with Crippen LogP contribution in [0.15, 0.2) is 24.3 Å². The SMILES string of the molecule is CC#CCCOc1cccc(C#N)c1. The van der Waals surface area contributed by atoms with Gasteiger partial charge in [0.1, 0.15) is 5.75 Å². The van der Waals surface area contributed by atoms with E-state index >= 15 is 0 Å². The molecule has 1 aromatic rings. The first-order valence-corrected chi connectivity index (χ1v) is 4.39. The normalized spacial score (nSPS) is 8.29. The Morgan fingerprint density at radius 3 is 3.00 bits per heavy atom. The molecule has 0 amide bonds. The van der Waals surface area contributed by atoms with Crippen molar-refractivity contribution in [3.63, 3.8) is 0 Å². The van der Waals surface area contributed by atoms with Gasteiger partial charge in [-0.05, 0) is 25.1 Å². The van der Waals surface area contributed by atoms with Gasteiger partial charge in [-0.15, -0.1) is 11.8 Å². The molecule has 0 aliphatic carbocycles. The Bertz CT molecular complexity index is 393. The number of rotatable bonds is 3. The summed E-state index contributed by atoms with van der Waals surface area (Å²) in [4.78, 5) is 0. The van der Waals surface area contributed by atoms with Crippen molar-refractivity contribution < 1.29 is 4.74 Å². The van der Waals surface area contributed by atoms with E-state index in [-0.39, 0.29) is 0 Å². The molecule has 14 heavy (non-hydrogen) atoms. The highest BCUT2D eigenvalue weighted by Gasteiger charge is 1.94. The van der Waals surface area contributed by atoms with Crippen LogP contribution in [0.1, 0.15) is 18.9 Å². The Hall–Kier alpha value is -1.93. The number of nitrogens with zero attached hydrogens (tertiary/aromatic N) is 1. The van der Waals surface area contributed by atoms with Crippen molar-refractivity contribution in [3.8, 4) is 23.7 Å².